The smallest absolute Gasteiger partial charge is 0.252 e. The number of fused-ring (bicyclic) bond motifs is 1. The molecule has 76 valence electrons. The van der Waals surface area contributed by atoms with E-state index in [1.54, 1.807) is 18.2 Å². The summed E-state index contributed by atoms with van der Waals surface area (Å²) in [5.41, 5.74) is 5.92. The lowest BCUT2D eigenvalue weighted by molar-refractivity contribution is 0.100. The molecule has 0 radical (unpaired) electrons. The maximum absolute atomic E-state index is 11.2. The van der Waals surface area contributed by atoms with Gasteiger partial charge in [0.05, 0.1) is 21.1 Å². The van der Waals surface area contributed by atoms with Crippen LogP contribution in [0.3, 0.4) is 0 Å². The average Bonchev–Trinajstić information content (AvgIpc) is 2.17. The van der Waals surface area contributed by atoms with Crippen LogP contribution in [0.5, 0.6) is 0 Å². The SMILES string of the molecule is NC(=O)c1c(Cl)ccc2cc(Cl)cnc12. The number of hydrogen-bond acceptors (Lipinski definition) is 2. The van der Waals surface area contributed by atoms with Gasteiger partial charge in [-0.15, -0.1) is 0 Å². The van der Waals surface area contributed by atoms with Crippen LogP contribution in [-0.4, -0.2) is 10.9 Å². The second kappa shape index (κ2) is 3.68. The van der Waals surface area contributed by atoms with Crippen molar-refractivity contribution in [3.63, 3.8) is 0 Å². The average molecular weight is 241 g/mol. The number of carbonyl (C=O) groups is 1. The zero-order valence-electron chi connectivity index (χ0n) is 7.50. The lowest BCUT2D eigenvalue weighted by Crippen LogP contribution is -2.12. The molecule has 2 aromatic rings. The molecule has 1 heterocycles. The van der Waals surface area contributed by atoms with Crippen LogP contribution in [0, 0.1) is 0 Å². The lowest BCUT2D eigenvalue weighted by Gasteiger charge is -2.04. The number of aromatic nitrogens is 1. The number of nitrogens with zero attached hydrogens (tertiary/aromatic N) is 1. The van der Waals surface area contributed by atoms with E-state index in [2.05, 4.69) is 4.98 Å². The van der Waals surface area contributed by atoms with E-state index in [0.29, 0.717) is 15.6 Å². The van der Waals surface area contributed by atoms with Gasteiger partial charge in [0.25, 0.3) is 5.91 Å². The molecular formula is C10H6Cl2N2O. The molecule has 0 spiro atoms. The highest BCUT2D eigenvalue weighted by molar-refractivity contribution is 6.35. The minimum atomic E-state index is -0.597. The minimum absolute atomic E-state index is 0.228. The van der Waals surface area contributed by atoms with Crippen molar-refractivity contribution in [3.05, 3.63) is 40.0 Å². The van der Waals surface area contributed by atoms with Crippen LogP contribution < -0.4 is 5.73 Å². The van der Waals surface area contributed by atoms with Gasteiger partial charge < -0.3 is 5.73 Å². The van der Waals surface area contributed by atoms with E-state index < -0.39 is 5.91 Å². The predicted molar refractivity (Wildman–Crippen MR) is 60.3 cm³/mol. The summed E-state index contributed by atoms with van der Waals surface area (Å²) in [6, 6.07) is 5.04. The quantitative estimate of drug-likeness (QED) is 0.834. The molecule has 0 aliphatic carbocycles. The number of hydrogen-bond donors (Lipinski definition) is 1. The summed E-state index contributed by atoms with van der Waals surface area (Å²) < 4.78 is 0. The molecule has 1 aromatic carbocycles. The van der Waals surface area contributed by atoms with Crippen LogP contribution in [0.4, 0.5) is 0 Å². The number of nitrogens with two attached hydrogens (primary N) is 1. The Hall–Kier alpha value is -1.32. The number of halogens is 2. The van der Waals surface area contributed by atoms with Gasteiger partial charge in [-0.2, -0.15) is 0 Å². The maximum atomic E-state index is 11.2. The van der Waals surface area contributed by atoms with E-state index in [-0.39, 0.29) is 5.56 Å². The Kier molecular flexibility index (Phi) is 2.50. The molecule has 0 aliphatic rings. The zero-order chi connectivity index (χ0) is 11.0. The maximum Gasteiger partial charge on any atom is 0.252 e. The molecular weight excluding hydrogens is 235 g/mol. The summed E-state index contributed by atoms with van der Waals surface area (Å²) in [6.07, 6.45) is 1.45. The van der Waals surface area contributed by atoms with Crippen LogP contribution in [0.1, 0.15) is 10.4 Å². The molecule has 0 bridgehead atoms. The zero-order valence-corrected chi connectivity index (χ0v) is 9.01. The molecule has 0 atom stereocenters. The monoisotopic (exact) mass is 240 g/mol. The van der Waals surface area contributed by atoms with Gasteiger partial charge >= 0.3 is 0 Å². The van der Waals surface area contributed by atoms with E-state index >= 15 is 0 Å². The van der Waals surface area contributed by atoms with E-state index in [4.69, 9.17) is 28.9 Å². The standard InChI is InChI=1S/C10H6Cl2N2O/c11-6-3-5-1-2-7(12)8(10(13)15)9(5)14-4-6/h1-4H,(H2,13,15). The van der Waals surface area contributed by atoms with Crippen molar-refractivity contribution in [3.8, 4) is 0 Å². The molecule has 2 N–H and O–H groups in total. The number of amides is 1. The summed E-state index contributed by atoms with van der Waals surface area (Å²) in [7, 11) is 0. The summed E-state index contributed by atoms with van der Waals surface area (Å²) in [5, 5.41) is 1.53. The molecule has 3 nitrogen and oxygen atoms in total. The molecule has 0 fully saturated rings. The molecule has 1 aromatic heterocycles. The fourth-order valence-electron chi connectivity index (χ4n) is 1.38. The Morgan fingerprint density at radius 3 is 2.73 bits per heavy atom. The second-order valence-corrected chi connectivity index (χ2v) is 3.86. The van der Waals surface area contributed by atoms with Crippen molar-refractivity contribution in [2.75, 3.05) is 0 Å². The largest absolute Gasteiger partial charge is 0.365 e. The Morgan fingerprint density at radius 1 is 1.33 bits per heavy atom. The van der Waals surface area contributed by atoms with Gasteiger partial charge in [-0.05, 0) is 12.1 Å². The number of pyridine rings is 1. The van der Waals surface area contributed by atoms with Gasteiger partial charge in [0.15, 0.2) is 0 Å². The van der Waals surface area contributed by atoms with Gasteiger partial charge in [0.1, 0.15) is 0 Å². The van der Waals surface area contributed by atoms with Gasteiger partial charge in [0.2, 0.25) is 0 Å². The Balaban J connectivity index is 2.88. The van der Waals surface area contributed by atoms with Crippen molar-refractivity contribution in [1.29, 1.82) is 0 Å². The van der Waals surface area contributed by atoms with Crippen molar-refractivity contribution >= 4 is 40.0 Å². The van der Waals surface area contributed by atoms with Crippen molar-refractivity contribution in [2.24, 2.45) is 5.73 Å². The van der Waals surface area contributed by atoms with Gasteiger partial charge in [-0.3, -0.25) is 9.78 Å². The molecule has 1 amide bonds. The Labute approximate surface area is 95.8 Å². The third-order valence-corrected chi connectivity index (χ3v) is 2.54. The molecule has 0 unspecified atom stereocenters. The van der Waals surface area contributed by atoms with Crippen LogP contribution in [-0.2, 0) is 0 Å². The first-order valence-corrected chi connectivity index (χ1v) is 4.89. The van der Waals surface area contributed by atoms with E-state index in [1.165, 1.54) is 6.20 Å². The number of primary amides is 1. The third-order valence-electron chi connectivity index (χ3n) is 2.02. The van der Waals surface area contributed by atoms with Crippen LogP contribution >= 0.6 is 23.2 Å². The molecule has 0 saturated heterocycles. The highest BCUT2D eigenvalue weighted by atomic mass is 35.5. The number of carbonyl (C=O) groups excluding carboxylic acids is 1. The second-order valence-electron chi connectivity index (χ2n) is 3.01. The highest BCUT2D eigenvalue weighted by Crippen LogP contribution is 2.25. The summed E-state index contributed by atoms with van der Waals surface area (Å²) in [6.45, 7) is 0. The summed E-state index contributed by atoms with van der Waals surface area (Å²) >= 11 is 11.6. The lowest BCUT2D eigenvalue weighted by atomic mass is 10.1. The molecule has 0 aliphatic heterocycles. The Bertz CT molecular complexity index is 554. The van der Waals surface area contributed by atoms with Crippen molar-refractivity contribution < 1.29 is 4.79 Å². The summed E-state index contributed by atoms with van der Waals surface area (Å²) in [5.74, 6) is -0.597. The van der Waals surface area contributed by atoms with E-state index in [9.17, 15) is 4.79 Å². The first-order chi connectivity index (χ1) is 7.09. The first kappa shape index (κ1) is 10.2. The first-order valence-electron chi connectivity index (χ1n) is 4.13. The third kappa shape index (κ3) is 1.76. The topological polar surface area (TPSA) is 56.0 Å². The predicted octanol–water partition coefficient (Wildman–Crippen LogP) is 2.64. The normalized spacial score (nSPS) is 10.5. The molecule has 0 saturated carbocycles. The van der Waals surface area contributed by atoms with E-state index in [1.807, 2.05) is 0 Å². The van der Waals surface area contributed by atoms with Crippen LogP contribution in [0.15, 0.2) is 24.4 Å². The van der Waals surface area contributed by atoms with Gasteiger partial charge in [-0.25, -0.2) is 0 Å². The van der Waals surface area contributed by atoms with E-state index in [0.717, 1.165) is 5.39 Å². The van der Waals surface area contributed by atoms with Gasteiger partial charge in [-0.1, -0.05) is 29.3 Å². The number of benzene rings is 1. The molecule has 2 rings (SSSR count). The fourth-order valence-corrected chi connectivity index (χ4v) is 1.80. The van der Waals surface area contributed by atoms with Crippen molar-refractivity contribution in [1.82, 2.24) is 4.98 Å². The highest BCUT2D eigenvalue weighted by Gasteiger charge is 2.12. The number of rotatable bonds is 1. The van der Waals surface area contributed by atoms with Crippen LogP contribution in [0.2, 0.25) is 10.0 Å². The van der Waals surface area contributed by atoms with Crippen LogP contribution in [0.25, 0.3) is 10.9 Å². The Morgan fingerprint density at radius 2 is 2.07 bits per heavy atom. The van der Waals surface area contributed by atoms with Crippen molar-refractivity contribution in [2.45, 2.75) is 0 Å². The minimum Gasteiger partial charge on any atom is -0.365 e. The molecule has 15 heavy (non-hydrogen) atoms. The molecule has 5 heteroatoms. The summed E-state index contributed by atoms with van der Waals surface area (Å²) in [4.78, 5) is 15.2. The fraction of sp³-hybridized carbons (Fsp3) is 0. The van der Waals surface area contributed by atoms with Gasteiger partial charge in [0, 0.05) is 11.6 Å².